The fraction of sp³-hybridized carbons (Fsp3) is 0.567. The maximum atomic E-state index is 14.7. The predicted octanol–water partition coefficient (Wildman–Crippen LogP) is 4.54. The summed E-state index contributed by atoms with van der Waals surface area (Å²) in [5.41, 5.74) is 1.47. The quantitative estimate of drug-likeness (QED) is 0.412. The fourth-order valence-corrected chi connectivity index (χ4v) is 9.05. The molecule has 2 amide bonds. The van der Waals surface area contributed by atoms with Crippen LogP contribution in [-0.2, 0) is 19.1 Å². The van der Waals surface area contributed by atoms with E-state index in [1.165, 1.54) is 11.8 Å². The van der Waals surface area contributed by atoms with Crippen molar-refractivity contribution in [2.75, 3.05) is 24.7 Å². The van der Waals surface area contributed by atoms with Gasteiger partial charge in [0, 0.05) is 11.8 Å². The number of carbonyl (C=O) groups excluding carboxylic acids is 3. The monoisotopic (exact) mass is 572 g/mol. The summed E-state index contributed by atoms with van der Waals surface area (Å²) in [5.74, 6) is -2.20. The Morgan fingerprint density at radius 2 is 1.97 bits per heavy atom. The standard InChI is InChI=1S/C30H37ClN2O5S/c1-18(2)16-20(17-34)33-26-28(36)32(25-19(3)10-8-11-21(25)31)14-9-13-30(26)24(27(33)35)23-22(39-30)12-6-4-5-7-15-38-29(23)37/h6,8-13,18,20,22-24,26,34H,4-5,7,14-17H2,1-3H3/b12-6-/t20-,22-,23+,24+,26?,30+/m1/s1. The lowest BCUT2D eigenvalue weighted by molar-refractivity contribution is -0.153. The Morgan fingerprint density at radius 1 is 1.18 bits per heavy atom. The van der Waals surface area contributed by atoms with E-state index in [0.29, 0.717) is 30.3 Å². The van der Waals surface area contributed by atoms with Gasteiger partial charge in [-0.3, -0.25) is 14.4 Å². The number of nitrogens with zero attached hydrogens (tertiary/aromatic N) is 2. The van der Waals surface area contributed by atoms with E-state index in [-0.39, 0.29) is 35.6 Å². The number of hydrogen-bond donors (Lipinski definition) is 1. The van der Waals surface area contributed by atoms with Crippen LogP contribution in [0.25, 0.3) is 0 Å². The molecule has 7 nitrogen and oxygen atoms in total. The van der Waals surface area contributed by atoms with Crippen LogP contribution in [0.1, 0.15) is 45.1 Å². The third kappa shape index (κ3) is 4.82. The van der Waals surface area contributed by atoms with Crippen LogP contribution >= 0.6 is 23.4 Å². The molecular weight excluding hydrogens is 536 g/mol. The third-order valence-corrected chi connectivity index (χ3v) is 10.4. The first-order valence-corrected chi connectivity index (χ1v) is 15.1. The fourth-order valence-electron chi connectivity index (χ4n) is 6.74. The molecule has 4 aliphatic heterocycles. The number of aliphatic hydroxyl groups excluding tert-OH is 1. The van der Waals surface area contributed by atoms with Crippen molar-refractivity contribution in [1.82, 2.24) is 4.90 Å². The van der Waals surface area contributed by atoms with E-state index in [9.17, 15) is 19.5 Å². The molecule has 0 aliphatic carbocycles. The number of carbonyl (C=O) groups is 3. The Bertz CT molecular complexity index is 1180. The third-order valence-electron chi connectivity index (χ3n) is 8.35. The Balaban J connectivity index is 1.66. The molecule has 1 N–H and O–H groups in total. The van der Waals surface area contributed by atoms with E-state index in [2.05, 4.69) is 6.08 Å². The number of cyclic esters (lactones) is 1. The van der Waals surface area contributed by atoms with Gasteiger partial charge in [0.25, 0.3) is 5.91 Å². The van der Waals surface area contributed by atoms with Gasteiger partial charge in [0.15, 0.2) is 0 Å². The molecule has 0 bridgehead atoms. The number of rotatable bonds is 5. The first-order valence-electron chi connectivity index (χ1n) is 13.9. The highest BCUT2D eigenvalue weighted by Crippen LogP contribution is 2.61. The number of thioether (sulfide) groups is 1. The van der Waals surface area contributed by atoms with Crippen molar-refractivity contribution in [2.45, 2.75) is 68.5 Å². The minimum atomic E-state index is -0.977. The van der Waals surface area contributed by atoms with Gasteiger partial charge in [0.1, 0.15) is 6.04 Å². The molecule has 0 radical (unpaired) electrons. The molecular formula is C30H37ClN2O5S. The largest absolute Gasteiger partial charge is 0.465 e. The molecule has 1 aromatic carbocycles. The molecule has 2 saturated heterocycles. The number of allylic oxidation sites excluding steroid dienone is 1. The molecule has 2 fully saturated rings. The SMILES string of the molecule is Cc1cccc(Cl)c1N1CC=C[C@]23S[C@@H]4/C=C\CCCCOC(=O)[C@@H]4[C@H]2C(=O)N([C@@H](CO)CC(C)C)C3C1=O. The molecule has 4 heterocycles. The molecule has 0 saturated carbocycles. The molecule has 6 atom stereocenters. The van der Waals surface area contributed by atoms with Gasteiger partial charge in [0.05, 0.1) is 46.5 Å². The number of likely N-dealkylation sites (tertiary alicyclic amines) is 1. The molecule has 9 heteroatoms. The molecule has 1 spiro atoms. The highest BCUT2D eigenvalue weighted by atomic mass is 35.5. The van der Waals surface area contributed by atoms with Crippen molar-refractivity contribution < 1.29 is 24.2 Å². The van der Waals surface area contributed by atoms with Crippen LogP contribution in [0.15, 0.2) is 42.5 Å². The van der Waals surface area contributed by atoms with Crippen LogP contribution < -0.4 is 4.90 Å². The zero-order valence-corrected chi connectivity index (χ0v) is 24.3. The van der Waals surface area contributed by atoms with E-state index in [1.54, 1.807) is 15.9 Å². The summed E-state index contributed by atoms with van der Waals surface area (Å²) in [7, 11) is 0. The number of esters is 1. The Morgan fingerprint density at radius 3 is 2.69 bits per heavy atom. The number of hydrogen-bond acceptors (Lipinski definition) is 6. The van der Waals surface area contributed by atoms with Crippen LogP contribution in [-0.4, -0.2) is 69.6 Å². The molecule has 1 unspecified atom stereocenters. The lowest BCUT2D eigenvalue weighted by atomic mass is 9.78. The minimum Gasteiger partial charge on any atom is -0.465 e. The van der Waals surface area contributed by atoms with Gasteiger partial charge < -0.3 is 19.6 Å². The van der Waals surface area contributed by atoms with Crippen LogP contribution in [0, 0.1) is 24.7 Å². The van der Waals surface area contributed by atoms with E-state index in [0.717, 1.165) is 24.8 Å². The summed E-state index contributed by atoms with van der Waals surface area (Å²) < 4.78 is 4.71. The molecule has 0 aromatic heterocycles. The van der Waals surface area contributed by atoms with Crippen molar-refractivity contribution >= 4 is 46.8 Å². The number of halogens is 1. The zero-order valence-electron chi connectivity index (χ0n) is 22.7. The molecule has 5 rings (SSSR count). The van der Waals surface area contributed by atoms with Crippen LogP contribution in [0.5, 0.6) is 0 Å². The van der Waals surface area contributed by atoms with Crippen molar-refractivity contribution in [3.8, 4) is 0 Å². The summed E-state index contributed by atoms with van der Waals surface area (Å²) in [5, 5.41) is 10.7. The minimum absolute atomic E-state index is 0.187. The number of fused-ring (bicyclic) bond motifs is 2. The predicted molar refractivity (Wildman–Crippen MR) is 154 cm³/mol. The second-order valence-corrected chi connectivity index (χ2v) is 13.3. The molecule has 39 heavy (non-hydrogen) atoms. The second kappa shape index (κ2) is 11.3. The maximum absolute atomic E-state index is 14.7. The van der Waals surface area contributed by atoms with Gasteiger partial charge in [-0.2, -0.15) is 0 Å². The first kappa shape index (κ1) is 28.2. The Hall–Kier alpha value is -2.29. The summed E-state index contributed by atoms with van der Waals surface area (Å²) >= 11 is 8.15. The number of anilines is 1. The molecule has 4 aliphatic rings. The molecule has 1 aromatic rings. The number of amides is 2. The van der Waals surface area contributed by atoms with Gasteiger partial charge in [-0.1, -0.05) is 61.9 Å². The van der Waals surface area contributed by atoms with Crippen molar-refractivity contribution in [1.29, 1.82) is 0 Å². The number of aryl methyl sites for hydroxylation is 1. The average molecular weight is 573 g/mol. The summed E-state index contributed by atoms with van der Waals surface area (Å²) in [6.07, 6.45) is 11.1. The van der Waals surface area contributed by atoms with E-state index < -0.39 is 28.7 Å². The molecule has 210 valence electrons. The van der Waals surface area contributed by atoms with Gasteiger partial charge in [-0.05, 0) is 50.2 Å². The van der Waals surface area contributed by atoms with Crippen LogP contribution in [0.3, 0.4) is 0 Å². The van der Waals surface area contributed by atoms with Crippen molar-refractivity contribution in [2.24, 2.45) is 17.8 Å². The van der Waals surface area contributed by atoms with Crippen molar-refractivity contribution in [3.63, 3.8) is 0 Å². The maximum Gasteiger partial charge on any atom is 0.311 e. The smallest absolute Gasteiger partial charge is 0.311 e. The highest BCUT2D eigenvalue weighted by Gasteiger charge is 2.71. The number of para-hydroxylation sites is 1. The van der Waals surface area contributed by atoms with E-state index >= 15 is 0 Å². The van der Waals surface area contributed by atoms with Gasteiger partial charge in [-0.25, -0.2) is 0 Å². The lowest BCUT2D eigenvalue weighted by Crippen LogP contribution is -2.57. The van der Waals surface area contributed by atoms with E-state index in [4.69, 9.17) is 16.3 Å². The average Bonchev–Trinajstić information content (AvgIpc) is 3.28. The first-order chi connectivity index (χ1) is 18.7. The lowest BCUT2D eigenvalue weighted by Gasteiger charge is -2.39. The summed E-state index contributed by atoms with van der Waals surface area (Å²) in [4.78, 5) is 45.9. The Kier molecular flexibility index (Phi) is 8.18. The van der Waals surface area contributed by atoms with Gasteiger partial charge in [0.2, 0.25) is 5.91 Å². The van der Waals surface area contributed by atoms with Crippen molar-refractivity contribution in [3.05, 3.63) is 53.1 Å². The summed E-state index contributed by atoms with van der Waals surface area (Å²) in [6, 6.07) is 4.06. The highest BCUT2D eigenvalue weighted by molar-refractivity contribution is 8.02. The van der Waals surface area contributed by atoms with Gasteiger partial charge >= 0.3 is 5.97 Å². The van der Waals surface area contributed by atoms with E-state index in [1.807, 2.05) is 51.1 Å². The summed E-state index contributed by atoms with van der Waals surface area (Å²) in [6.45, 7) is 6.31. The number of benzene rings is 1. The Labute approximate surface area is 239 Å². The normalized spacial score (nSPS) is 32.4. The second-order valence-electron chi connectivity index (χ2n) is 11.4. The number of ether oxygens (including phenoxy) is 1. The van der Waals surface area contributed by atoms with Crippen LogP contribution in [0.2, 0.25) is 5.02 Å². The van der Waals surface area contributed by atoms with Crippen LogP contribution in [0.4, 0.5) is 5.69 Å². The zero-order chi connectivity index (χ0) is 27.9. The topological polar surface area (TPSA) is 87.2 Å². The number of aliphatic hydroxyl groups is 1. The van der Waals surface area contributed by atoms with Gasteiger partial charge in [-0.15, -0.1) is 11.8 Å².